The van der Waals surface area contributed by atoms with Crippen LogP contribution in [-0.4, -0.2) is 24.1 Å². The van der Waals surface area contributed by atoms with Crippen molar-refractivity contribution >= 4 is 17.7 Å². The smallest absolute Gasteiger partial charge is 0.305 e. The van der Waals surface area contributed by atoms with Crippen LogP contribution in [0.1, 0.15) is 18.4 Å². The van der Waals surface area contributed by atoms with E-state index in [9.17, 15) is 18.0 Å². The second kappa shape index (κ2) is 5.78. The van der Waals surface area contributed by atoms with Gasteiger partial charge in [0.05, 0.1) is 10.6 Å². The molecule has 0 spiro atoms. The van der Waals surface area contributed by atoms with Crippen molar-refractivity contribution in [3.8, 4) is 5.75 Å². The van der Waals surface area contributed by atoms with E-state index in [1.54, 1.807) is 0 Å². The highest BCUT2D eigenvalue weighted by Crippen LogP contribution is 2.35. The molecule has 1 aliphatic heterocycles. The van der Waals surface area contributed by atoms with Crippen LogP contribution >= 0.6 is 11.6 Å². The molecule has 110 valence electrons. The molecular formula is C12H11ClF3NO3. The molecule has 0 saturated carbocycles. The first-order chi connectivity index (χ1) is 9.38. The van der Waals surface area contributed by atoms with Gasteiger partial charge in [-0.2, -0.15) is 13.2 Å². The van der Waals surface area contributed by atoms with E-state index < -0.39 is 17.8 Å². The fourth-order valence-corrected chi connectivity index (χ4v) is 1.93. The molecule has 4 nitrogen and oxygen atoms in total. The van der Waals surface area contributed by atoms with Gasteiger partial charge in [-0.25, -0.2) is 9.68 Å². The van der Waals surface area contributed by atoms with E-state index in [1.165, 1.54) is 4.90 Å². The molecule has 1 amide bonds. The van der Waals surface area contributed by atoms with E-state index in [0.29, 0.717) is 19.2 Å². The molecule has 0 atom stereocenters. The van der Waals surface area contributed by atoms with Crippen molar-refractivity contribution in [3.63, 3.8) is 0 Å². The molecule has 20 heavy (non-hydrogen) atoms. The van der Waals surface area contributed by atoms with Crippen molar-refractivity contribution in [1.82, 2.24) is 4.90 Å². The van der Waals surface area contributed by atoms with E-state index in [1.807, 2.05) is 0 Å². The van der Waals surface area contributed by atoms with Crippen LogP contribution in [0.3, 0.4) is 0 Å². The Bertz CT molecular complexity index is 501. The molecule has 1 aromatic carbocycles. The zero-order valence-electron chi connectivity index (χ0n) is 10.2. The second-order valence-corrected chi connectivity index (χ2v) is 4.68. The predicted molar refractivity (Wildman–Crippen MR) is 64.4 cm³/mol. The van der Waals surface area contributed by atoms with Crippen molar-refractivity contribution in [3.05, 3.63) is 28.8 Å². The lowest BCUT2D eigenvalue weighted by Gasteiger charge is -2.14. The van der Waals surface area contributed by atoms with Crippen LogP contribution in [0, 0.1) is 0 Å². The maximum Gasteiger partial charge on any atom is 0.452 e. The van der Waals surface area contributed by atoms with Crippen molar-refractivity contribution in [2.45, 2.75) is 19.0 Å². The fraction of sp³-hybridized carbons (Fsp3) is 0.417. The summed E-state index contributed by atoms with van der Waals surface area (Å²) >= 11 is 5.69. The second-order valence-electron chi connectivity index (χ2n) is 4.27. The summed E-state index contributed by atoms with van der Waals surface area (Å²) in [5.74, 6) is -0.353. The van der Waals surface area contributed by atoms with Gasteiger partial charge in [0.15, 0.2) is 5.75 Å². The largest absolute Gasteiger partial charge is 0.452 e. The van der Waals surface area contributed by atoms with Crippen LogP contribution in [0.15, 0.2) is 18.2 Å². The van der Waals surface area contributed by atoms with Gasteiger partial charge < -0.3 is 4.90 Å². The van der Waals surface area contributed by atoms with Crippen LogP contribution in [0.2, 0.25) is 5.02 Å². The van der Waals surface area contributed by atoms with Crippen LogP contribution in [0.25, 0.3) is 0 Å². The number of amides is 1. The third-order valence-corrected chi connectivity index (χ3v) is 3.14. The summed E-state index contributed by atoms with van der Waals surface area (Å²) in [5.41, 5.74) is -0.936. The molecule has 0 radical (unpaired) electrons. The van der Waals surface area contributed by atoms with Crippen molar-refractivity contribution < 1.29 is 27.7 Å². The monoisotopic (exact) mass is 309 g/mol. The van der Waals surface area contributed by atoms with Crippen LogP contribution in [-0.2, 0) is 11.1 Å². The number of nitrogens with zero attached hydrogens (tertiary/aromatic N) is 1. The molecule has 8 heteroatoms. The molecule has 0 aliphatic carbocycles. The highest BCUT2D eigenvalue weighted by atomic mass is 35.5. The average Bonchev–Trinajstić information content (AvgIpc) is 2.90. The van der Waals surface area contributed by atoms with Crippen LogP contribution in [0.4, 0.5) is 18.0 Å². The zero-order valence-corrected chi connectivity index (χ0v) is 11.0. The van der Waals surface area contributed by atoms with Gasteiger partial charge in [0.25, 0.3) is 0 Å². The maximum absolute atomic E-state index is 12.5. The summed E-state index contributed by atoms with van der Waals surface area (Å²) < 4.78 is 37.6. The van der Waals surface area contributed by atoms with E-state index in [0.717, 1.165) is 25.0 Å². The highest BCUT2D eigenvalue weighted by Gasteiger charge is 2.31. The molecule has 1 heterocycles. The molecule has 0 unspecified atom stereocenters. The molecule has 1 aromatic rings. The van der Waals surface area contributed by atoms with Crippen molar-refractivity contribution in [2.75, 3.05) is 13.1 Å². The summed E-state index contributed by atoms with van der Waals surface area (Å²) in [6.45, 7) is 1.08. The third kappa shape index (κ3) is 3.47. The molecule has 1 fully saturated rings. The van der Waals surface area contributed by atoms with Gasteiger partial charge in [-0.15, -0.1) is 0 Å². The predicted octanol–water partition coefficient (Wildman–Crippen LogP) is 3.89. The summed E-state index contributed by atoms with van der Waals surface area (Å²) in [7, 11) is 0. The lowest BCUT2D eigenvalue weighted by atomic mass is 10.2. The van der Waals surface area contributed by atoms with Gasteiger partial charge in [-0.3, -0.25) is 4.89 Å². The number of hydrogen-bond donors (Lipinski definition) is 0. The summed E-state index contributed by atoms with van der Waals surface area (Å²) in [5, 5.41) is -0.0766. The fourth-order valence-electron chi connectivity index (χ4n) is 1.78. The first-order valence-corrected chi connectivity index (χ1v) is 6.26. The Morgan fingerprint density at radius 2 is 1.90 bits per heavy atom. The normalized spacial score (nSPS) is 15.3. The van der Waals surface area contributed by atoms with Crippen molar-refractivity contribution in [1.29, 1.82) is 0 Å². The van der Waals surface area contributed by atoms with Gasteiger partial charge in [-0.1, -0.05) is 11.6 Å². The Morgan fingerprint density at radius 3 is 2.50 bits per heavy atom. The quantitative estimate of drug-likeness (QED) is 0.614. The first kappa shape index (κ1) is 14.8. The van der Waals surface area contributed by atoms with Gasteiger partial charge in [0.1, 0.15) is 0 Å². The minimum absolute atomic E-state index is 0.0766. The number of likely N-dealkylation sites (tertiary alicyclic amines) is 1. The van der Waals surface area contributed by atoms with Crippen LogP contribution < -0.4 is 4.89 Å². The van der Waals surface area contributed by atoms with Gasteiger partial charge in [0, 0.05) is 13.1 Å². The number of rotatable bonds is 2. The lowest BCUT2D eigenvalue weighted by molar-refractivity contribution is -0.154. The topological polar surface area (TPSA) is 38.8 Å². The Hall–Kier alpha value is -1.63. The van der Waals surface area contributed by atoms with E-state index in [-0.39, 0.29) is 10.8 Å². The number of alkyl halides is 3. The number of benzene rings is 1. The summed E-state index contributed by atoms with van der Waals surface area (Å²) in [6, 6.07) is 2.53. The average molecular weight is 310 g/mol. The zero-order chi connectivity index (χ0) is 14.8. The SMILES string of the molecule is O=C(OOc1cc(C(F)(F)F)ccc1Cl)N1CCCC1. The standard InChI is InChI=1S/C12H11ClF3NO3/c13-9-4-3-8(12(14,15)16)7-10(9)19-20-11(18)17-5-1-2-6-17/h3-4,7H,1-2,5-6H2. The lowest BCUT2D eigenvalue weighted by Crippen LogP contribution is -2.29. The Balaban J connectivity index is 2.03. The molecule has 1 saturated heterocycles. The van der Waals surface area contributed by atoms with Crippen molar-refractivity contribution in [2.24, 2.45) is 0 Å². The van der Waals surface area contributed by atoms with E-state index in [2.05, 4.69) is 9.78 Å². The highest BCUT2D eigenvalue weighted by molar-refractivity contribution is 6.32. The summed E-state index contributed by atoms with van der Waals surface area (Å²) in [4.78, 5) is 22.0. The number of hydrogen-bond acceptors (Lipinski definition) is 3. The molecule has 0 N–H and O–H groups in total. The first-order valence-electron chi connectivity index (χ1n) is 5.88. The minimum atomic E-state index is -4.53. The molecular weight excluding hydrogens is 299 g/mol. The molecule has 2 rings (SSSR count). The number of halogens is 4. The molecule has 1 aliphatic rings. The Kier molecular flexibility index (Phi) is 4.27. The molecule has 0 bridgehead atoms. The minimum Gasteiger partial charge on any atom is -0.305 e. The Labute approximate surface area is 117 Å². The van der Waals surface area contributed by atoms with Gasteiger partial charge in [-0.05, 0) is 31.0 Å². The van der Waals surface area contributed by atoms with E-state index >= 15 is 0 Å². The summed E-state index contributed by atoms with van der Waals surface area (Å²) in [6.07, 6.45) is -3.54. The van der Waals surface area contributed by atoms with Gasteiger partial charge in [0.2, 0.25) is 0 Å². The third-order valence-electron chi connectivity index (χ3n) is 2.83. The van der Waals surface area contributed by atoms with Gasteiger partial charge >= 0.3 is 12.3 Å². The van der Waals surface area contributed by atoms with Crippen LogP contribution in [0.5, 0.6) is 5.75 Å². The number of carbonyl (C=O) groups is 1. The van der Waals surface area contributed by atoms with E-state index in [4.69, 9.17) is 11.6 Å². The maximum atomic E-state index is 12.5. The molecule has 0 aromatic heterocycles. The Morgan fingerprint density at radius 1 is 1.25 bits per heavy atom. The number of carbonyl (C=O) groups excluding carboxylic acids is 1.